The Morgan fingerprint density at radius 2 is 1.62 bits per heavy atom. The Hall–Kier alpha value is -0.780. The van der Waals surface area contributed by atoms with Crippen molar-refractivity contribution in [2.24, 2.45) is 5.92 Å². The lowest BCUT2D eigenvalue weighted by Crippen LogP contribution is -1.94. The first-order valence-electron chi connectivity index (χ1n) is 5.23. The van der Waals surface area contributed by atoms with Crippen molar-refractivity contribution in [2.75, 3.05) is 0 Å². The van der Waals surface area contributed by atoms with E-state index in [1.54, 1.807) is 5.56 Å². The molecule has 0 N–H and O–H groups in total. The highest BCUT2D eigenvalue weighted by Gasteiger charge is 2.22. The van der Waals surface area contributed by atoms with Crippen LogP contribution in [0.5, 0.6) is 0 Å². The van der Waals surface area contributed by atoms with Crippen LogP contribution in [0.25, 0.3) is 0 Å². The minimum Gasteiger partial charge on any atom is -0.0558 e. The van der Waals surface area contributed by atoms with Crippen molar-refractivity contribution in [3.05, 3.63) is 34.4 Å². The number of hydrogen-bond acceptors (Lipinski definition) is 0. The lowest BCUT2D eigenvalue weighted by molar-refractivity contribution is 0.824. The monoisotopic (exact) mass is 174 g/mol. The van der Waals surface area contributed by atoms with E-state index in [2.05, 4.69) is 32.9 Å². The minimum absolute atomic E-state index is 1.00. The molecule has 1 aromatic carbocycles. The van der Waals surface area contributed by atoms with E-state index in [0.29, 0.717) is 0 Å². The van der Waals surface area contributed by atoms with Crippen molar-refractivity contribution in [1.29, 1.82) is 0 Å². The predicted molar refractivity (Wildman–Crippen MR) is 57.1 cm³/mol. The first kappa shape index (κ1) is 8.80. The summed E-state index contributed by atoms with van der Waals surface area (Å²) < 4.78 is 0. The Kier molecular flexibility index (Phi) is 2.15. The van der Waals surface area contributed by atoms with Gasteiger partial charge in [-0.25, -0.2) is 0 Å². The molecule has 0 heterocycles. The maximum absolute atomic E-state index is 2.38. The average molecular weight is 174 g/mol. The molecule has 0 heteroatoms. The molecular weight excluding hydrogens is 156 g/mol. The van der Waals surface area contributed by atoms with Gasteiger partial charge in [-0.3, -0.25) is 0 Å². The number of aryl methyl sites for hydroxylation is 3. The van der Waals surface area contributed by atoms with Crippen molar-refractivity contribution in [3.8, 4) is 0 Å². The Labute approximate surface area is 81.0 Å². The summed E-state index contributed by atoms with van der Waals surface area (Å²) in [6, 6.07) is 4.70. The summed E-state index contributed by atoms with van der Waals surface area (Å²) in [5.74, 6) is 1.00. The Bertz CT molecular complexity index is 319. The minimum atomic E-state index is 1.00. The van der Waals surface area contributed by atoms with Gasteiger partial charge >= 0.3 is 0 Å². The molecule has 0 saturated heterocycles. The molecule has 13 heavy (non-hydrogen) atoms. The molecule has 1 aliphatic carbocycles. The van der Waals surface area contributed by atoms with Gasteiger partial charge in [-0.05, 0) is 68.2 Å². The van der Waals surface area contributed by atoms with Crippen LogP contribution in [-0.4, -0.2) is 0 Å². The Morgan fingerprint density at radius 1 is 1.00 bits per heavy atom. The summed E-state index contributed by atoms with van der Waals surface area (Å²) in [6.07, 6.45) is 4.21. The van der Waals surface area contributed by atoms with E-state index < -0.39 is 0 Å². The van der Waals surface area contributed by atoms with Gasteiger partial charge < -0.3 is 0 Å². The lowest BCUT2D eigenvalue weighted by Gasteiger charge is -2.08. The van der Waals surface area contributed by atoms with Gasteiger partial charge in [0.15, 0.2) is 0 Å². The molecule has 2 rings (SSSR count). The van der Waals surface area contributed by atoms with Crippen molar-refractivity contribution in [2.45, 2.75) is 40.0 Å². The third kappa shape index (κ3) is 1.93. The molecule has 1 aromatic rings. The van der Waals surface area contributed by atoms with Gasteiger partial charge in [0, 0.05) is 0 Å². The third-order valence-corrected chi connectivity index (χ3v) is 3.16. The van der Waals surface area contributed by atoms with Crippen molar-refractivity contribution >= 4 is 0 Å². The van der Waals surface area contributed by atoms with Crippen LogP contribution >= 0.6 is 0 Å². The molecule has 70 valence electrons. The zero-order chi connectivity index (χ0) is 9.42. The quantitative estimate of drug-likeness (QED) is 0.643. The fourth-order valence-corrected chi connectivity index (χ4v) is 1.87. The Balaban J connectivity index is 2.27. The molecule has 0 atom stereocenters. The first-order valence-corrected chi connectivity index (χ1v) is 5.23. The first-order chi connectivity index (χ1) is 6.16. The molecule has 0 unspecified atom stereocenters. The summed E-state index contributed by atoms with van der Waals surface area (Å²) in [5, 5.41) is 0. The van der Waals surface area contributed by atoms with Gasteiger partial charge in [0.2, 0.25) is 0 Å². The van der Waals surface area contributed by atoms with Crippen LogP contribution in [0.1, 0.15) is 35.1 Å². The van der Waals surface area contributed by atoms with Crippen molar-refractivity contribution in [3.63, 3.8) is 0 Å². The van der Waals surface area contributed by atoms with Crippen LogP contribution in [0, 0.1) is 26.7 Å². The molecule has 0 spiro atoms. The summed E-state index contributed by atoms with van der Waals surface area (Å²) in [5.41, 5.74) is 5.93. The second-order valence-electron chi connectivity index (χ2n) is 4.51. The van der Waals surface area contributed by atoms with Crippen LogP contribution in [0.15, 0.2) is 12.1 Å². The van der Waals surface area contributed by atoms with E-state index in [-0.39, 0.29) is 0 Å². The fourth-order valence-electron chi connectivity index (χ4n) is 1.87. The SMILES string of the molecule is Cc1cc(C)c(CC2CC2)cc1C. The fraction of sp³-hybridized carbons (Fsp3) is 0.538. The van der Waals surface area contributed by atoms with E-state index >= 15 is 0 Å². The maximum atomic E-state index is 2.38. The molecule has 1 aliphatic rings. The molecule has 0 nitrogen and oxygen atoms in total. The van der Waals surface area contributed by atoms with E-state index in [1.807, 2.05) is 0 Å². The normalized spacial score (nSPS) is 16.2. The van der Waals surface area contributed by atoms with E-state index in [9.17, 15) is 0 Å². The molecule has 0 bridgehead atoms. The van der Waals surface area contributed by atoms with Gasteiger partial charge in [-0.1, -0.05) is 12.1 Å². The van der Waals surface area contributed by atoms with Gasteiger partial charge in [-0.15, -0.1) is 0 Å². The molecule has 0 radical (unpaired) electrons. The second-order valence-corrected chi connectivity index (χ2v) is 4.51. The van der Waals surface area contributed by atoms with Crippen LogP contribution < -0.4 is 0 Å². The largest absolute Gasteiger partial charge is 0.0558 e. The zero-order valence-electron chi connectivity index (χ0n) is 8.85. The number of rotatable bonds is 2. The van der Waals surface area contributed by atoms with Gasteiger partial charge in [-0.2, -0.15) is 0 Å². The standard InChI is InChI=1S/C13H18/c1-9-6-11(3)13(7-10(9)2)8-12-4-5-12/h6-7,12H,4-5,8H2,1-3H3. The Morgan fingerprint density at radius 3 is 2.23 bits per heavy atom. The highest BCUT2D eigenvalue weighted by Crippen LogP contribution is 2.33. The summed E-state index contributed by atoms with van der Waals surface area (Å²) in [4.78, 5) is 0. The summed E-state index contributed by atoms with van der Waals surface area (Å²) >= 11 is 0. The third-order valence-electron chi connectivity index (χ3n) is 3.16. The maximum Gasteiger partial charge on any atom is -0.0248 e. The van der Waals surface area contributed by atoms with Gasteiger partial charge in [0.25, 0.3) is 0 Å². The number of benzene rings is 1. The van der Waals surface area contributed by atoms with Crippen molar-refractivity contribution < 1.29 is 0 Å². The molecule has 1 fully saturated rings. The molecule has 1 saturated carbocycles. The van der Waals surface area contributed by atoms with Gasteiger partial charge in [0.1, 0.15) is 0 Å². The van der Waals surface area contributed by atoms with Gasteiger partial charge in [0.05, 0.1) is 0 Å². The molecular formula is C13H18. The summed E-state index contributed by atoms with van der Waals surface area (Å²) in [7, 11) is 0. The van der Waals surface area contributed by atoms with E-state index in [0.717, 1.165) is 5.92 Å². The smallest absolute Gasteiger partial charge is 0.0248 e. The lowest BCUT2D eigenvalue weighted by atomic mass is 9.97. The molecule has 0 amide bonds. The van der Waals surface area contributed by atoms with E-state index in [1.165, 1.54) is 36.0 Å². The molecule has 0 aliphatic heterocycles. The topological polar surface area (TPSA) is 0 Å². The van der Waals surface area contributed by atoms with Crippen LogP contribution in [0.2, 0.25) is 0 Å². The highest BCUT2D eigenvalue weighted by atomic mass is 14.3. The second kappa shape index (κ2) is 3.17. The highest BCUT2D eigenvalue weighted by molar-refractivity contribution is 5.36. The van der Waals surface area contributed by atoms with Crippen molar-refractivity contribution in [1.82, 2.24) is 0 Å². The average Bonchev–Trinajstić information content (AvgIpc) is 2.84. The predicted octanol–water partition coefficient (Wildman–Crippen LogP) is 3.56. The molecule has 0 aromatic heterocycles. The zero-order valence-corrected chi connectivity index (χ0v) is 8.85. The van der Waals surface area contributed by atoms with Crippen LogP contribution in [-0.2, 0) is 6.42 Å². The van der Waals surface area contributed by atoms with E-state index in [4.69, 9.17) is 0 Å². The number of hydrogen-bond donors (Lipinski definition) is 0. The van der Waals surface area contributed by atoms with Crippen LogP contribution in [0.3, 0.4) is 0 Å². The van der Waals surface area contributed by atoms with Crippen LogP contribution in [0.4, 0.5) is 0 Å². The summed E-state index contributed by atoms with van der Waals surface area (Å²) in [6.45, 7) is 6.65.